The van der Waals surface area contributed by atoms with Crippen molar-refractivity contribution in [1.29, 1.82) is 0 Å². The van der Waals surface area contributed by atoms with E-state index in [4.69, 9.17) is 4.42 Å². The lowest BCUT2D eigenvalue weighted by Gasteiger charge is -2.14. The monoisotopic (exact) mass is 724 g/mol. The van der Waals surface area contributed by atoms with Crippen molar-refractivity contribution >= 4 is 97.9 Å². The van der Waals surface area contributed by atoms with Gasteiger partial charge in [0.15, 0.2) is 0 Å². The van der Waals surface area contributed by atoms with Gasteiger partial charge >= 0.3 is 0 Å². The van der Waals surface area contributed by atoms with Gasteiger partial charge in [0.05, 0.1) is 27.5 Å². The van der Waals surface area contributed by atoms with Crippen molar-refractivity contribution in [3.8, 4) is 22.5 Å². The Morgan fingerprint density at radius 3 is 1.56 bits per heavy atom. The number of nitrogens with zero attached hydrogens (tertiary/aromatic N) is 2. The van der Waals surface area contributed by atoms with E-state index in [2.05, 4.69) is 203 Å². The number of para-hydroxylation sites is 4. The van der Waals surface area contributed by atoms with Gasteiger partial charge in [-0.3, -0.25) is 0 Å². The molecule has 0 saturated carbocycles. The molecule has 0 aliphatic carbocycles. The van der Waals surface area contributed by atoms with Gasteiger partial charge in [0, 0.05) is 43.7 Å². The number of hydrogen-bond acceptors (Lipinski definition) is 1. The minimum absolute atomic E-state index is 0.888. The molecule has 3 nitrogen and oxygen atoms in total. The van der Waals surface area contributed by atoms with Gasteiger partial charge in [-0.25, -0.2) is 0 Å². The lowest BCUT2D eigenvalue weighted by Crippen LogP contribution is -1.93. The molecule has 264 valence electrons. The maximum atomic E-state index is 6.63. The molecule has 3 heterocycles. The highest BCUT2D eigenvalue weighted by Crippen LogP contribution is 2.46. The SMILES string of the molecule is c1ccc(-n2c3ccccc3c3c4c(ccc32)c2ccccc2c2ccc(-c3ccc5oc6ccc7c8ccccc8n(-c8ccccc8)c7c6c5c3)cc24)cc1. The van der Waals surface area contributed by atoms with Crippen LogP contribution in [0.3, 0.4) is 0 Å². The predicted molar refractivity (Wildman–Crippen MR) is 240 cm³/mol. The van der Waals surface area contributed by atoms with Gasteiger partial charge in [-0.05, 0) is 111 Å². The summed E-state index contributed by atoms with van der Waals surface area (Å²) in [6.07, 6.45) is 0. The maximum absolute atomic E-state index is 6.63. The van der Waals surface area contributed by atoms with Crippen LogP contribution < -0.4 is 0 Å². The van der Waals surface area contributed by atoms with Crippen molar-refractivity contribution in [2.24, 2.45) is 0 Å². The van der Waals surface area contributed by atoms with Crippen molar-refractivity contribution in [3.63, 3.8) is 0 Å². The Labute approximate surface area is 326 Å². The third-order valence-electron chi connectivity index (χ3n) is 12.3. The number of rotatable bonds is 3. The van der Waals surface area contributed by atoms with Crippen molar-refractivity contribution in [3.05, 3.63) is 194 Å². The Morgan fingerprint density at radius 2 is 0.807 bits per heavy atom. The highest BCUT2D eigenvalue weighted by molar-refractivity contribution is 6.35. The largest absolute Gasteiger partial charge is 0.456 e. The molecule has 57 heavy (non-hydrogen) atoms. The van der Waals surface area contributed by atoms with E-state index < -0.39 is 0 Å². The van der Waals surface area contributed by atoms with Crippen LogP contribution in [0.1, 0.15) is 0 Å². The molecule has 0 aliphatic heterocycles. The van der Waals surface area contributed by atoms with Crippen LogP contribution in [-0.2, 0) is 0 Å². The highest BCUT2D eigenvalue weighted by Gasteiger charge is 2.21. The first-order valence-electron chi connectivity index (χ1n) is 19.6. The van der Waals surface area contributed by atoms with E-state index in [0.29, 0.717) is 0 Å². The molecular formula is C54H32N2O. The van der Waals surface area contributed by atoms with Crippen molar-refractivity contribution in [1.82, 2.24) is 9.13 Å². The first-order valence-corrected chi connectivity index (χ1v) is 19.6. The van der Waals surface area contributed by atoms with Gasteiger partial charge in [0.1, 0.15) is 11.2 Å². The van der Waals surface area contributed by atoms with E-state index >= 15 is 0 Å². The molecule has 3 aromatic heterocycles. The van der Waals surface area contributed by atoms with Gasteiger partial charge < -0.3 is 13.6 Å². The topological polar surface area (TPSA) is 23.0 Å². The zero-order valence-electron chi connectivity index (χ0n) is 30.8. The first kappa shape index (κ1) is 30.7. The summed E-state index contributed by atoms with van der Waals surface area (Å²) in [6.45, 7) is 0. The molecule has 0 radical (unpaired) electrons. The van der Waals surface area contributed by atoms with Crippen molar-refractivity contribution in [2.45, 2.75) is 0 Å². The van der Waals surface area contributed by atoms with E-state index in [-0.39, 0.29) is 0 Å². The predicted octanol–water partition coefficient (Wildman–Crippen LogP) is 14.9. The Morgan fingerprint density at radius 1 is 0.281 bits per heavy atom. The second-order valence-electron chi connectivity index (χ2n) is 15.2. The normalized spacial score (nSPS) is 12.2. The number of furan rings is 1. The number of benzene rings is 10. The van der Waals surface area contributed by atoms with E-state index in [1.54, 1.807) is 0 Å². The molecule has 13 aromatic rings. The molecule has 0 atom stereocenters. The van der Waals surface area contributed by atoms with Crippen LogP contribution in [0.15, 0.2) is 199 Å². The minimum Gasteiger partial charge on any atom is -0.456 e. The zero-order valence-corrected chi connectivity index (χ0v) is 30.8. The number of aromatic nitrogens is 2. The van der Waals surface area contributed by atoms with Crippen LogP contribution in [0.5, 0.6) is 0 Å². The molecule has 3 heteroatoms. The number of hydrogen-bond donors (Lipinski definition) is 0. The summed E-state index contributed by atoms with van der Waals surface area (Å²) in [7, 11) is 0. The van der Waals surface area contributed by atoms with Crippen LogP contribution in [0.4, 0.5) is 0 Å². The molecular weight excluding hydrogens is 693 g/mol. The third-order valence-corrected chi connectivity index (χ3v) is 12.3. The maximum Gasteiger partial charge on any atom is 0.137 e. The summed E-state index contributed by atoms with van der Waals surface area (Å²) in [4.78, 5) is 0. The van der Waals surface area contributed by atoms with Crippen molar-refractivity contribution < 1.29 is 4.42 Å². The molecule has 0 amide bonds. The van der Waals surface area contributed by atoms with E-state index in [1.807, 2.05) is 0 Å². The lowest BCUT2D eigenvalue weighted by atomic mass is 9.90. The molecule has 13 rings (SSSR count). The molecule has 10 aromatic carbocycles. The Hall–Kier alpha value is -7.62. The fourth-order valence-corrected chi connectivity index (χ4v) is 9.88. The third kappa shape index (κ3) is 4.20. The van der Waals surface area contributed by atoms with E-state index in [0.717, 1.165) is 38.9 Å². The smallest absolute Gasteiger partial charge is 0.137 e. The summed E-state index contributed by atoms with van der Waals surface area (Å²) >= 11 is 0. The van der Waals surface area contributed by atoms with Crippen LogP contribution in [0.25, 0.3) is 120 Å². The molecule has 0 aliphatic rings. The van der Waals surface area contributed by atoms with Gasteiger partial charge in [-0.2, -0.15) is 0 Å². The fraction of sp³-hybridized carbons (Fsp3) is 0. The van der Waals surface area contributed by atoms with Gasteiger partial charge in [0.2, 0.25) is 0 Å². The summed E-state index contributed by atoms with van der Waals surface area (Å²) in [5.41, 5.74) is 11.2. The van der Waals surface area contributed by atoms with Crippen LogP contribution in [-0.4, -0.2) is 9.13 Å². The molecule has 0 N–H and O–H groups in total. The second-order valence-corrected chi connectivity index (χ2v) is 15.2. The van der Waals surface area contributed by atoms with E-state index in [1.165, 1.54) is 81.5 Å². The average molecular weight is 725 g/mol. The Bertz CT molecular complexity index is 3790. The van der Waals surface area contributed by atoms with Crippen LogP contribution in [0.2, 0.25) is 0 Å². The highest BCUT2D eigenvalue weighted by atomic mass is 16.3. The first-order chi connectivity index (χ1) is 28.3. The zero-order chi connectivity index (χ0) is 37.2. The minimum atomic E-state index is 0.888. The Kier molecular flexibility index (Phi) is 6.16. The van der Waals surface area contributed by atoms with Gasteiger partial charge in [-0.1, -0.05) is 121 Å². The second kappa shape index (κ2) is 11.5. The summed E-state index contributed by atoms with van der Waals surface area (Å²) in [6, 6.07) is 70.7. The molecule has 0 spiro atoms. The summed E-state index contributed by atoms with van der Waals surface area (Å²) in [5, 5.41) is 14.9. The van der Waals surface area contributed by atoms with Crippen LogP contribution in [0, 0.1) is 0 Å². The van der Waals surface area contributed by atoms with Crippen molar-refractivity contribution in [2.75, 3.05) is 0 Å². The molecule has 0 unspecified atom stereocenters. The fourth-order valence-electron chi connectivity index (χ4n) is 9.88. The van der Waals surface area contributed by atoms with Crippen LogP contribution >= 0.6 is 0 Å². The van der Waals surface area contributed by atoms with Gasteiger partial charge in [-0.15, -0.1) is 0 Å². The van der Waals surface area contributed by atoms with E-state index in [9.17, 15) is 0 Å². The molecule has 0 fully saturated rings. The average Bonchev–Trinajstić information content (AvgIpc) is 3.94. The summed E-state index contributed by atoms with van der Waals surface area (Å²) < 4.78 is 11.4. The summed E-state index contributed by atoms with van der Waals surface area (Å²) in [5.74, 6) is 0. The van der Waals surface area contributed by atoms with Gasteiger partial charge in [0.25, 0.3) is 0 Å². The molecule has 0 bridgehead atoms. The lowest BCUT2D eigenvalue weighted by molar-refractivity contribution is 0.669. The standard InChI is InChI=1S/C54H32N2O/c1-3-13-35(14-4-1)55-47-22-12-10-20-43(47)52-48(55)28-26-41-38-18-8-7-17-37(38)39-25-23-33(31-44(39)51(41)52)34-24-29-49-45(32-34)53-50(57-49)30-27-42-40-19-9-11-21-46(40)56(54(42)53)36-15-5-2-6-16-36/h1-32H. The molecule has 0 saturated heterocycles. The quantitative estimate of drug-likeness (QED) is 0.166. The number of fused-ring (bicyclic) bond motifs is 17. The Balaban J connectivity index is 1.13.